The number of carboxylic acid groups (broad SMARTS) is 1. The van der Waals surface area contributed by atoms with E-state index in [1.807, 2.05) is 0 Å². The van der Waals surface area contributed by atoms with Crippen molar-refractivity contribution in [2.45, 2.75) is 38.0 Å². The number of hydrogen-bond acceptors (Lipinski definition) is 3. The second-order valence-electron chi connectivity index (χ2n) is 3.75. The Bertz CT molecular complexity index is 245. The Kier molecular flexibility index (Phi) is 5.21. The van der Waals surface area contributed by atoms with Crippen LogP contribution < -0.4 is 5.32 Å². The number of halogens is 3. The number of hydrogen-bond donors (Lipinski definition) is 2. The van der Waals surface area contributed by atoms with Crippen LogP contribution in [0.25, 0.3) is 0 Å². The summed E-state index contributed by atoms with van der Waals surface area (Å²) in [5.74, 6) is -1.94. The lowest BCUT2D eigenvalue weighted by Gasteiger charge is -2.31. The first-order valence-corrected chi connectivity index (χ1v) is 4.72. The molecule has 2 atom stereocenters. The predicted octanol–water partition coefficient (Wildman–Crippen LogP) is 1.41. The second kappa shape index (κ2) is 5.49. The number of aliphatic carboxylic acids is 1. The normalized spacial score (nSPS) is 17.9. The van der Waals surface area contributed by atoms with Crippen LogP contribution in [0.4, 0.5) is 13.2 Å². The Hall–Kier alpha value is -0.820. The zero-order chi connectivity index (χ0) is 13.0. The Morgan fingerprint density at radius 3 is 2.31 bits per heavy atom. The van der Waals surface area contributed by atoms with Gasteiger partial charge in [-0.1, -0.05) is 0 Å². The maximum atomic E-state index is 12.6. The molecule has 0 radical (unpaired) electrons. The van der Waals surface area contributed by atoms with Crippen molar-refractivity contribution < 1.29 is 27.8 Å². The van der Waals surface area contributed by atoms with Crippen molar-refractivity contribution >= 4 is 5.97 Å². The number of methoxy groups -OCH3 is 1. The van der Waals surface area contributed by atoms with Crippen LogP contribution in [0.1, 0.15) is 20.3 Å². The summed E-state index contributed by atoms with van der Waals surface area (Å²) in [6, 6.07) is -0.609. The number of ether oxygens (including phenoxy) is 1. The van der Waals surface area contributed by atoms with Gasteiger partial charge in [0.1, 0.15) is 0 Å². The molecule has 4 nitrogen and oxygen atoms in total. The Labute approximate surface area is 91.8 Å². The zero-order valence-electron chi connectivity index (χ0n) is 9.39. The van der Waals surface area contributed by atoms with Gasteiger partial charge in [-0.2, -0.15) is 13.2 Å². The molecule has 0 fully saturated rings. The van der Waals surface area contributed by atoms with Gasteiger partial charge in [-0.3, -0.25) is 5.32 Å². The van der Waals surface area contributed by atoms with E-state index in [4.69, 9.17) is 9.84 Å². The van der Waals surface area contributed by atoms with E-state index in [0.29, 0.717) is 13.3 Å². The Morgan fingerprint density at radius 1 is 1.50 bits per heavy atom. The average molecular weight is 243 g/mol. The molecule has 0 aromatic rings. The SMILES string of the molecule is COCCC(C)NC(C)(C(=O)O)C(F)(F)F. The molecule has 0 aliphatic heterocycles. The molecule has 0 saturated heterocycles. The van der Waals surface area contributed by atoms with Gasteiger partial charge in [0.2, 0.25) is 5.54 Å². The van der Waals surface area contributed by atoms with E-state index < -0.39 is 23.7 Å². The molecule has 0 rings (SSSR count). The third-order valence-corrected chi connectivity index (χ3v) is 2.28. The van der Waals surface area contributed by atoms with Gasteiger partial charge in [-0.15, -0.1) is 0 Å². The maximum Gasteiger partial charge on any atom is 0.417 e. The smallest absolute Gasteiger partial charge is 0.417 e. The number of rotatable bonds is 6. The third-order valence-electron chi connectivity index (χ3n) is 2.28. The summed E-state index contributed by atoms with van der Waals surface area (Å²) in [6.07, 6.45) is -4.55. The standard InChI is InChI=1S/C9H16F3NO3/c1-6(4-5-16-3)13-8(2,7(14)15)9(10,11)12/h6,13H,4-5H2,1-3H3,(H,14,15). The summed E-state index contributed by atoms with van der Waals surface area (Å²) < 4.78 is 42.4. The van der Waals surface area contributed by atoms with Crippen molar-refractivity contribution in [1.29, 1.82) is 0 Å². The van der Waals surface area contributed by atoms with Crippen LogP contribution >= 0.6 is 0 Å². The molecular formula is C9H16F3NO3. The molecule has 0 aromatic carbocycles. The lowest BCUT2D eigenvalue weighted by molar-refractivity contribution is -0.207. The van der Waals surface area contributed by atoms with Crippen LogP contribution in [-0.4, -0.2) is 42.5 Å². The molecule has 16 heavy (non-hydrogen) atoms. The number of nitrogens with one attached hydrogen (secondary N) is 1. The fourth-order valence-corrected chi connectivity index (χ4v) is 1.12. The van der Waals surface area contributed by atoms with E-state index >= 15 is 0 Å². The molecule has 2 unspecified atom stereocenters. The van der Waals surface area contributed by atoms with Crippen molar-refractivity contribution in [3.8, 4) is 0 Å². The predicted molar refractivity (Wildman–Crippen MR) is 51.2 cm³/mol. The maximum absolute atomic E-state index is 12.6. The van der Waals surface area contributed by atoms with Crippen LogP contribution in [0.3, 0.4) is 0 Å². The van der Waals surface area contributed by atoms with E-state index in [0.717, 1.165) is 0 Å². The summed E-state index contributed by atoms with van der Waals surface area (Å²) in [5.41, 5.74) is -2.93. The minimum atomic E-state index is -4.85. The molecule has 0 aromatic heterocycles. The summed E-state index contributed by atoms with van der Waals surface area (Å²) in [6.45, 7) is 2.35. The molecule has 0 bridgehead atoms. The highest BCUT2D eigenvalue weighted by Gasteiger charge is 2.57. The van der Waals surface area contributed by atoms with Crippen molar-refractivity contribution in [2.24, 2.45) is 0 Å². The topological polar surface area (TPSA) is 58.6 Å². The molecular weight excluding hydrogens is 227 g/mol. The van der Waals surface area contributed by atoms with Crippen LogP contribution in [-0.2, 0) is 9.53 Å². The summed E-state index contributed by atoms with van der Waals surface area (Å²) >= 11 is 0. The number of alkyl halides is 3. The first-order chi connectivity index (χ1) is 7.15. The van der Waals surface area contributed by atoms with Gasteiger partial charge in [0, 0.05) is 19.8 Å². The van der Waals surface area contributed by atoms with Gasteiger partial charge in [-0.05, 0) is 20.3 Å². The largest absolute Gasteiger partial charge is 0.480 e. The van der Waals surface area contributed by atoms with Gasteiger partial charge in [0.25, 0.3) is 0 Å². The number of carboxylic acids is 1. The molecule has 96 valence electrons. The van der Waals surface area contributed by atoms with Crippen LogP contribution in [0.5, 0.6) is 0 Å². The van der Waals surface area contributed by atoms with Crippen LogP contribution in [0.2, 0.25) is 0 Å². The highest BCUT2D eigenvalue weighted by molar-refractivity contribution is 5.79. The molecule has 0 heterocycles. The van der Waals surface area contributed by atoms with Crippen molar-refractivity contribution in [3.63, 3.8) is 0 Å². The van der Waals surface area contributed by atoms with Gasteiger partial charge >= 0.3 is 12.1 Å². The lowest BCUT2D eigenvalue weighted by atomic mass is 10.00. The Morgan fingerprint density at radius 2 is 2.00 bits per heavy atom. The highest BCUT2D eigenvalue weighted by Crippen LogP contribution is 2.31. The quantitative estimate of drug-likeness (QED) is 0.740. The molecule has 0 spiro atoms. The minimum absolute atomic E-state index is 0.266. The van der Waals surface area contributed by atoms with E-state index in [1.165, 1.54) is 14.0 Å². The van der Waals surface area contributed by atoms with Crippen molar-refractivity contribution in [3.05, 3.63) is 0 Å². The third kappa shape index (κ3) is 3.64. The fourth-order valence-electron chi connectivity index (χ4n) is 1.12. The van der Waals surface area contributed by atoms with Crippen molar-refractivity contribution in [1.82, 2.24) is 5.32 Å². The minimum Gasteiger partial charge on any atom is -0.480 e. The van der Waals surface area contributed by atoms with Gasteiger partial charge in [0.05, 0.1) is 0 Å². The Balaban J connectivity index is 4.64. The molecule has 0 aliphatic rings. The summed E-state index contributed by atoms with van der Waals surface area (Å²) in [4.78, 5) is 10.7. The van der Waals surface area contributed by atoms with E-state index in [1.54, 1.807) is 0 Å². The number of carbonyl (C=O) groups is 1. The summed E-state index contributed by atoms with van der Waals surface area (Å²) in [7, 11) is 1.42. The second-order valence-corrected chi connectivity index (χ2v) is 3.75. The van der Waals surface area contributed by atoms with E-state index in [9.17, 15) is 18.0 Å². The molecule has 7 heteroatoms. The van der Waals surface area contributed by atoms with Crippen LogP contribution in [0.15, 0.2) is 0 Å². The zero-order valence-corrected chi connectivity index (χ0v) is 9.39. The van der Waals surface area contributed by atoms with Crippen LogP contribution in [0, 0.1) is 0 Å². The monoisotopic (exact) mass is 243 g/mol. The lowest BCUT2D eigenvalue weighted by Crippen LogP contribution is -2.62. The highest BCUT2D eigenvalue weighted by atomic mass is 19.4. The molecule has 0 saturated carbocycles. The first-order valence-electron chi connectivity index (χ1n) is 4.72. The summed E-state index contributed by atoms with van der Waals surface area (Å²) in [5, 5.41) is 10.7. The van der Waals surface area contributed by atoms with Crippen molar-refractivity contribution in [2.75, 3.05) is 13.7 Å². The molecule has 2 N–H and O–H groups in total. The van der Waals surface area contributed by atoms with Gasteiger partial charge in [-0.25, -0.2) is 4.79 Å². The van der Waals surface area contributed by atoms with E-state index in [-0.39, 0.29) is 6.61 Å². The van der Waals surface area contributed by atoms with Gasteiger partial charge in [0.15, 0.2) is 0 Å². The molecule has 0 aliphatic carbocycles. The average Bonchev–Trinajstić information content (AvgIpc) is 2.12. The fraction of sp³-hybridized carbons (Fsp3) is 0.889. The van der Waals surface area contributed by atoms with Gasteiger partial charge < -0.3 is 9.84 Å². The van der Waals surface area contributed by atoms with E-state index in [2.05, 4.69) is 5.32 Å². The first kappa shape index (κ1) is 15.2. The molecule has 0 amide bonds.